The molecule has 2 nitrogen and oxygen atoms in total. The van der Waals surface area contributed by atoms with E-state index in [1.165, 1.54) is 0 Å². The third kappa shape index (κ3) is 2.88. The van der Waals surface area contributed by atoms with Gasteiger partial charge in [-0.25, -0.2) is 0 Å². The SMILES string of the molecule is COc1c[c]cc(OC)c1.[LiH]. The molecular weight excluding hydrogens is 135 g/mol. The molecule has 0 amide bonds. The van der Waals surface area contributed by atoms with Gasteiger partial charge in [0, 0.05) is 6.07 Å². The molecule has 0 aliphatic carbocycles. The van der Waals surface area contributed by atoms with E-state index in [0.717, 1.165) is 11.5 Å². The zero-order valence-electron chi connectivity index (χ0n) is 6.05. The van der Waals surface area contributed by atoms with Crippen molar-refractivity contribution >= 4 is 18.9 Å². The van der Waals surface area contributed by atoms with Crippen molar-refractivity contribution in [3.63, 3.8) is 0 Å². The Morgan fingerprint density at radius 1 is 1.09 bits per heavy atom. The molecule has 0 saturated heterocycles. The Labute approximate surface area is 78.7 Å². The molecule has 0 N–H and O–H groups in total. The first-order chi connectivity index (χ1) is 4.86. The van der Waals surface area contributed by atoms with Gasteiger partial charge in [0.25, 0.3) is 0 Å². The van der Waals surface area contributed by atoms with E-state index >= 15 is 0 Å². The van der Waals surface area contributed by atoms with Crippen LogP contribution in [-0.4, -0.2) is 33.1 Å². The van der Waals surface area contributed by atoms with Crippen LogP contribution in [0.1, 0.15) is 0 Å². The van der Waals surface area contributed by atoms with Gasteiger partial charge < -0.3 is 9.47 Å². The van der Waals surface area contributed by atoms with Gasteiger partial charge in [-0.1, -0.05) is 0 Å². The number of benzene rings is 1. The average molecular weight is 145 g/mol. The van der Waals surface area contributed by atoms with Crippen LogP contribution in [0.25, 0.3) is 0 Å². The van der Waals surface area contributed by atoms with Gasteiger partial charge in [-0.05, 0) is 18.2 Å². The van der Waals surface area contributed by atoms with Crippen LogP contribution in [0.4, 0.5) is 0 Å². The van der Waals surface area contributed by atoms with Crippen molar-refractivity contribution in [1.29, 1.82) is 0 Å². The van der Waals surface area contributed by atoms with Crippen LogP contribution in [0.3, 0.4) is 0 Å². The molecule has 0 unspecified atom stereocenters. The van der Waals surface area contributed by atoms with E-state index in [9.17, 15) is 0 Å². The van der Waals surface area contributed by atoms with Crippen LogP contribution in [-0.2, 0) is 0 Å². The molecule has 55 valence electrons. The summed E-state index contributed by atoms with van der Waals surface area (Å²) in [5, 5.41) is 0. The van der Waals surface area contributed by atoms with Gasteiger partial charge >= 0.3 is 18.9 Å². The zero-order chi connectivity index (χ0) is 7.40. The summed E-state index contributed by atoms with van der Waals surface area (Å²) in [6.07, 6.45) is 0. The number of rotatable bonds is 2. The van der Waals surface area contributed by atoms with E-state index in [0.29, 0.717) is 0 Å². The number of ether oxygens (including phenoxy) is 2. The van der Waals surface area contributed by atoms with Crippen LogP contribution in [0.5, 0.6) is 11.5 Å². The van der Waals surface area contributed by atoms with E-state index in [2.05, 4.69) is 6.07 Å². The molecule has 0 saturated carbocycles. The Balaban J connectivity index is 0.000001000. The van der Waals surface area contributed by atoms with Crippen LogP contribution >= 0.6 is 0 Å². The van der Waals surface area contributed by atoms with E-state index in [1.54, 1.807) is 32.4 Å². The Morgan fingerprint density at radius 3 is 1.91 bits per heavy atom. The molecule has 3 heteroatoms. The summed E-state index contributed by atoms with van der Waals surface area (Å²) in [4.78, 5) is 0. The molecule has 1 aromatic carbocycles. The predicted octanol–water partition coefficient (Wildman–Crippen LogP) is 0.855. The normalized spacial score (nSPS) is 8.18. The third-order valence-electron chi connectivity index (χ3n) is 1.21. The van der Waals surface area contributed by atoms with Gasteiger partial charge in [0.2, 0.25) is 0 Å². The summed E-state index contributed by atoms with van der Waals surface area (Å²) in [6.45, 7) is 0. The van der Waals surface area contributed by atoms with Gasteiger partial charge in [-0.3, -0.25) is 0 Å². The predicted molar refractivity (Wildman–Crippen MR) is 45.5 cm³/mol. The first-order valence-corrected chi connectivity index (χ1v) is 2.96. The van der Waals surface area contributed by atoms with Crippen molar-refractivity contribution in [2.24, 2.45) is 0 Å². The van der Waals surface area contributed by atoms with Crippen molar-refractivity contribution in [3.05, 3.63) is 24.3 Å². The molecule has 0 spiro atoms. The van der Waals surface area contributed by atoms with Gasteiger partial charge in [-0.2, -0.15) is 0 Å². The standard InChI is InChI=1S/C8H9O2.Li.H/c1-9-7-4-3-5-8(6-7)10-2;;/h4-6H,1-2H3;;. The van der Waals surface area contributed by atoms with E-state index in [1.807, 2.05) is 0 Å². The fraction of sp³-hybridized carbons (Fsp3) is 0.250. The van der Waals surface area contributed by atoms with Gasteiger partial charge in [0.15, 0.2) is 0 Å². The maximum absolute atomic E-state index is 4.95. The molecular formula is C8H10LiO2. The van der Waals surface area contributed by atoms with Crippen molar-refractivity contribution in [3.8, 4) is 11.5 Å². The van der Waals surface area contributed by atoms with Crippen LogP contribution < -0.4 is 9.47 Å². The van der Waals surface area contributed by atoms with Crippen LogP contribution in [0.2, 0.25) is 0 Å². The summed E-state index contributed by atoms with van der Waals surface area (Å²) in [7, 11) is 3.23. The third-order valence-corrected chi connectivity index (χ3v) is 1.21. The topological polar surface area (TPSA) is 18.5 Å². The second-order valence-corrected chi connectivity index (χ2v) is 1.81. The Kier molecular flexibility index (Phi) is 4.85. The average Bonchev–Trinajstić information content (AvgIpc) is 2.05. The van der Waals surface area contributed by atoms with Gasteiger partial charge in [-0.15, -0.1) is 0 Å². The maximum atomic E-state index is 4.95. The molecule has 0 aromatic heterocycles. The first-order valence-electron chi connectivity index (χ1n) is 2.96. The summed E-state index contributed by atoms with van der Waals surface area (Å²) in [6, 6.07) is 8.19. The van der Waals surface area contributed by atoms with E-state index < -0.39 is 0 Å². The van der Waals surface area contributed by atoms with E-state index in [-0.39, 0.29) is 18.9 Å². The molecule has 0 atom stereocenters. The Hall–Kier alpha value is -0.583. The molecule has 0 aliphatic heterocycles. The molecule has 0 aliphatic rings. The molecule has 0 fully saturated rings. The minimum absolute atomic E-state index is 0. The molecule has 11 heavy (non-hydrogen) atoms. The van der Waals surface area contributed by atoms with Crippen LogP contribution in [0, 0.1) is 6.07 Å². The monoisotopic (exact) mass is 145 g/mol. The van der Waals surface area contributed by atoms with Gasteiger partial charge in [0.05, 0.1) is 14.2 Å². The Morgan fingerprint density at radius 2 is 1.55 bits per heavy atom. The second kappa shape index (κ2) is 5.12. The van der Waals surface area contributed by atoms with Crippen molar-refractivity contribution in [1.82, 2.24) is 0 Å². The fourth-order valence-corrected chi connectivity index (χ4v) is 0.665. The quantitative estimate of drug-likeness (QED) is 0.574. The zero-order valence-corrected chi connectivity index (χ0v) is 6.05. The summed E-state index contributed by atoms with van der Waals surface area (Å²) in [5.74, 6) is 1.53. The van der Waals surface area contributed by atoms with Crippen molar-refractivity contribution in [2.45, 2.75) is 0 Å². The number of methoxy groups -OCH3 is 2. The molecule has 1 rings (SSSR count). The Bertz CT molecular complexity index is 194. The molecule has 1 radical (unpaired) electrons. The summed E-state index contributed by atoms with van der Waals surface area (Å²) in [5.41, 5.74) is 0. The summed E-state index contributed by atoms with van der Waals surface area (Å²) >= 11 is 0. The number of hydrogen-bond donors (Lipinski definition) is 0. The van der Waals surface area contributed by atoms with Crippen molar-refractivity contribution in [2.75, 3.05) is 14.2 Å². The van der Waals surface area contributed by atoms with E-state index in [4.69, 9.17) is 9.47 Å². The van der Waals surface area contributed by atoms with Gasteiger partial charge in [0.1, 0.15) is 11.5 Å². The fourth-order valence-electron chi connectivity index (χ4n) is 0.665. The second-order valence-electron chi connectivity index (χ2n) is 1.81. The minimum atomic E-state index is 0. The first kappa shape index (κ1) is 10.4. The van der Waals surface area contributed by atoms with Crippen LogP contribution in [0.15, 0.2) is 18.2 Å². The van der Waals surface area contributed by atoms with Crippen molar-refractivity contribution < 1.29 is 9.47 Å². The molecule has 1 aromatic rings. The number of hydrogen-bond acceptors (Lipinski definition) is 2. The summed E-state index contributed by atoms with van der Waals surface area (Å²) < 4.78 is 9.89. The molecule has 0 bridgehead atoms. The molecule has 0 heterocycles.